The van der Waals surface area contributed by atoms with E-state index in [1.165, 1.54) is 6.92 Å². The predicted molar refractivity (Wildman–Crippen MR) is 104 cm³/mol. The molecule has 2 aliphatic heterocycles. The van der Waals surface area contributed by atoms with Crippen LogP contribution in [0.1, 0.15) is 6.92 Å². The number of nitrogens with one attached hydrogen (secondary N) is 1. The summed E-state index contributed by atoms with van der Waals surface area (Å²) >= 11 is 0. The zero-order chi connectivity index (χ0) is 19.7. The van der Waals surface area contributed by atoms with Gasteiger partial charge in [0.15, 0.2) is 11.6 Å². The van der Waals surface area contributed by atoms with Crippen molar-refractivity contribution in [2.75, 3.05) is 43.5 Å². The molecular weight excluding hydrogens is 360 g/mol. The van der Waals surface area contributed by atoms with Gasteiger partial charge in [0.2, 0.25) is 0 Å². The third-order valence-electron chi connectivity index (χ3n) is 5.14. The molecule has 8 nitrogen and oxygen atoms in total. The number of benzene rings is 1. The maximum Gasteiger partial charge on any atom is 0.279 e. The van der Waals surface area contributed by atoms with E-state index in [4.69, 9.17) is 9.47 Å². The number of hydrogen-bond acceptors (Lipinski definition) is 6. The van der Waals surface area contributed by atoms with Crippen LogP contribution in [0.5, 0.6) is 11.5 Å². The van der Waals surface area contributed by atoms with Gasteiger partial charge in [-0.05, 0) is 31.2 Å². The van der Waals surface area contributed by atoms with Crippen LogP contribution < -0.4 is 19.7 Å². The van der Waals surface area contributed by atoms with Gasteiger partial charge in [-0.25, -0.2) is 4.98 Å². The molecule has 3 heterocycles. The number of hydrogen-bond donors (Lipinski definition) is 1. The van der Waals surface area contributed by atoms with Crippen LogP contribution in [0.3, 0.4) is 0 Å². The molecule has 1 saturated heterocycles. The molecule has 2 aromatic rings. The molecular formula is C20H22N4O4. The fourth-order valence-corrected chi connectivity index (χ4v) is 3.48. The molecule has 1 aromatic carbocycles. The number of pyridine rings is 1. The van der Waals surface area contributed by atoms with Crippen LogP contribution in [0.15, 0.2) is 42.6 Å². The Bertz CT molecular complexity index is 911. The molecule has 1 atom stereocenters. The number of carbonyl (C=O) groups excluding carboxylic acids is 2. The Labute approximate surface area is 163 Å². The SMILES string of the molecule is COc1cccc(N2CCN(C(=O)[C@]3(C)Oc4cccnc4NC3=O)CC2)c1. The number of rotatable bonds is 3. The van der Waals surface area contributed by atoms with Gasteiger partial charge in [0.05, 0.1) is 7.11 Å². The smallest absolute Gasteiger partial charge is 0.279 e. The molecule has 0 aliphatic carbocycles. The van der Waals surface area contributed by atoms with Crippen LogP contribution in [0.4, 0.5) is 11.5 Å². The number of anilines is 2. The van der Waals surface area contributed by atoms with Crippen molar-refractivity contribution in [2.24, 2.45) is 0 Å². The molecule has 28 heavy (non-hydrogen) atoms. The Morgan fingerprint density at radius 3 is 2.75 bits per heavy atom. The number of methoxy groups -OCH3 is 1. The van der Waals surface area contributed by atoms with Crippen LogP contribution in [0.2, 0.25) is 0 Å². The van der Waals surface area contributed by atoms with E-state index in [0.717, 1.165) is 11.4 Å². The summed E-state index contributed by atoms with van der Waals surface area (Å²) in [4.78, 5) is 33.6. The molecule has 8 heteroatoms. The van der Waals surface area contributed by atoms with Crippen LogP contribution in [0.25, 0.3) is 0 Å². The van der Waals surface area contributed by atoms with Crippen molar-refractivity contribution in [2.45, 2.75) is 12.5 Å². The minimum absolute atomic E-state index is 0.334. The number of nitrogens with zero attached hydrogens (tertiary/aromatic N) is 3. The van der Waals surface area contributed by atoms with Crippen LogP contribution in [-0.4, -0.2) is 60.6 Å². The van der Waals surface area contributed by atoms with Crippen LogP contribution >= 0.6 is 0 Å². The topological polar surface area (TPSA) is 84.0 Å². The summed E-state index contributed by atoms with van der Waals surface area (Å²) in [7, 11) is 1.64. The molecule has 0 saturated carbocycles. The summed E-state index contributed by atoms with van der Waals surface area (Å²) in [6.07, 6.45) is 1.56. The van der Waals surface area contributed by atoms with Gasteiger partial charge in [-0.15, -0.1) is 0 Å². The standard InChI is InChI=1S/C20H22N4O4/c1-20(18(25)22-17-16(28-20)7-4-8-21-17)19(26)24-11-9-23(10-12-24)14-5-3-6-15(13-14)27-2/h3-8,13H,9-12H2,1-2H3,(H,21,22,25)/t20-/m1/s1. The lowest BCUT2D eigenvalue weighted by Gasteiger charge is -2.41. The van der Waals surface area contributed by atoms with Crippen LogP contribution in [-0.2, 0) is 9.59 Å². The molecule has 1 fully saturated rings. The fraction of sp³-hybridized carbons (Fsp3) is 0.350. The van der Waals surface area contributed by atoms with Gasteiger partial charge in [0.1, 0.15) is 5.75 Å². The lowest BCUT2D eigenvalue weighted by molar-refractivity contribution is -0.154. The second-order valence-corrected chi connectivity index (χ2v) is 6.92. The first-order chi connectivity index (χ1) is 13.5. The summed E-state index contributed by atoms with van der Waals surface area (Å²) in [5.74, 6) is 0.681. The summed E-state index contributed by atoms with van der Waals surface area (Å²) in [6.45, 7) is 3.84. The number of ether oxygens (including phenoxy) is 2. The van der Waals surface area contributed by atoms with E-state index >= 15 is 0 Å². The van der Waals surface area contributed by atoms with Crippen molar-refractivity contribution >= 4 is 23.3 Å². The monoisotopic (exact) mass is 382 g/mol. The minimum Gasteiger partial charge on any atom is -0.497 e. The number of carbonyl (C=O) groups is 2. The second-order valence-electron chi connectivity index (χ2n) is 6.92. The summed E-state index contributed by atoms with van der Waals surface area (Å²) < 4.78 is 11.1. The van der Waals surface area contributed by atoms with Crippen molar-refractivity contribution < 1.29 is 19.1 Å². The van der Waals surface area contributed by atoms with Gasteiger partial charge in [-0.2, -0.15) is 0 Å². The molecule has 0 spiro atoms. The lowest BCUT2D eigenvalue weighted by Crippen LogP contribution is -2.62. The third-order valence-corrected chi connectivity index (χ3v) is 5.14. The molecule has 1 N–H and O–H groups in total. The first kappa shape index (κ1) is 18.1. The van der Waals surface area contributed by atoms with Crippen molar-refractivity contribution in [1.29, 1.82) is 0 Å². The number of amides is 2. The molecule has 4 rings (SSSR count). The van der Waals surface area contributed by atoms with Crippen molar-refractivity contribution in [3.05, 3.63) is 42.6 Å². The maximum absolute atomic E-state index is 13.1. The lowest BCUT2D eigenvalue weighted by atomic mass is 10.0. The van der Waals surface area contributed by atoms with Gasteiger partial charge in [-0.1, -0.05) is 6.07 Å². The molecule has 1 aromatic heterocycles. The molecule has 0 unspecified atom stereocenters. The summed E-state index contributed by atoms with van der Waals surface area (Å²) in [5, 5.41) is 2.67. The van der Waals surface area contributed by atoms with Gasteiger partial charge >= 0.3 is 0 Å². The maximum atomic E-state index is 13.1. The van der Waals surface area contributed by atoms with Gasteiger partial charge in [0, 0.05) is 44.1 Å². The highest BCUT2D eigenvalue weighted by atomic mass is 16.5. The van der Waals surface area contributed by atoms with E-state index < -0.39 is 11.5 Å². The van der Waals surface area contributed by atoms with Crippen LogP contribution in [0, 0.1) is 0 Å². The second kappa shape index (κ2) is 7.03. The first-order valence-corrected chi connectivity index (χ1v) is 9.15. The van der Waals surface area contributed by atoms with Gasteiger partial charge in [-0.3, -0.25) is 9.59 Å². The predicted octanol–water partition coefficient (Wildman–Crippen LogP) is 1.53. The highest BCUT2D eigenvalue weighted by molar-refractivity contribution is 6.15. The van der Waals surface area contributed by atoms with Gasteiger partial charge < -0.3 is 24.6 Å². The Hall–Kier alpha value is -3.29. The zero-order valence-electron chi connectivity index (χ0n) is 15.8. The average Bonchev–Trinajstić information content (AvgIpc) is 2.74. The highest BCUT2D eigenvalue weighted by Gasteiger charge is 2.50. The fourth-order valence-electron chi connectivity index (χ4n) is 3.48. The molecule has 2 aliphatic rings. The Balaban J connectivity index is 1.46. The highest BCUT2D eigenvalue weighted by Crippen LogP contribution is 2.33. The Morgan fingerprint density at radius 2 is 2.00 bits per heavy atom. The van der Waals surface area contributed by atoms with Gasteiger partial charge in [0.25, 0.3) is 17.4 Å². The average molecular weight is 382 g/mol. The quantitative estimate of drug-likeness (QED) is 0.811. The molecule has 146 valence electrons. The normalized spacial score (nSPS) is 21.4. The number of fused-ring (bicyclic) bond motifs is 1. The molecule has 2 amide bonds. The first-order valence-electron chi connectivity index (χ1n) is 9.15. The van der Waals surface area contributed by atoms with E-state index in [-0.39, 0.29) is 5.91 Å². The van der Waals surface area contributed by atoms with Crippen molar-refractivity contribution in [3.8, 4) is 11.5 Å². The minimum atomic E-state index is -1.60. The summed E-state index contributed by atoms with van der Waals surface area (Å²) in [6, 6.07) is 11.2. The number of piperazine rings is 1. The van der Waals surface area contributed by atoms with E-state index in [1.807, 2.05) is 24.3 Å². The summed E-state index contributed by atoms with van der Waals surface area (Å²) in [5.41, 5.74) is -0.557. The zero-order valence-corrected chi connectivity index (χ0v) is 15.8. The molecule has 0 bridgehead atoms. The van der Waals surface area contributed by atoms with Crippen molar-refractivity contribution in [1.82, 2.24) is 9.88 Å². The van der Waals surface area contributed by atoms with E-state index in [0.29, 0.717) is 37.7 Å². The number of aromatic nitrogens is 1. The van der Waals surface area contributed by atoms with Crippen molar-refractivity contribution in [3.63, 3.8) is 0 Å². The largest absolute Gasteiger partial charge is 0.497 e. The third kappa shape index (κ3) is 3.11. The van der Waals surface area contributed by atoms with E-state index in [9.17, 15) is 9.59 Å². The Kier molecular flexibility index (Phi) is 4.54. The van der Waals surface area contributed by atoms with E-state index in [2.05, 4.69) is 15.2 Å². The van der Waals surface area contributed by atoms with E-state index in [1.54, 1.807) is 30.3 Å². The molecule has 0 radical (unpaired) electrons. The Morgan fingerprint density at radius 1 is 1.21 bits per heavy atom.